The Kier molecular flexibility index (Phi) is 7.22. The van der Waals surface area contributed by atoms with Crippen LogP contribution in [0.5, 0.6) is 11.5 Å². The first-order valence-electron chi connectivity index (χ1n) is 9.42. The number of esters is 1. The predicted molar refractivity (Wildman–Crippen MR) is 114 cm³/mol. The van der Waals surface area contributed by atoms with Gasteiger partial charge in [0.05, 0.1) is 6.20 Å². The van der Waals surface area contributed by atoms with Gasteiger partial charge in [0.1, 0.15) is 18.4 Å². The lowest BCUT2D eigenvalue weighted by atomic mass is 10.1. The number of carbonyl (C=O) groups is 1. The highest BCUT2D eigenvalue weighted by Crippen LogP contribution is 2.18. The smallest absolute Gasteiger partial charge is 0.460 e. The van der Waals surface area contributed by atoms with Crippen molar-refractivity contribution in [3.05, 3.63) is 89.7 Å². The van der Waals surface area contributed by atoms with E-state index in [9.17, 15) is 13.2 Å². The number of carbonyl (C=O) groups excluding carboxylic acids is 1. The van der Waals surface area contributed by atoms with Gasteiger partial charge in [-0.15, -0.1) is 8.42 Å². The number of nitrogens with two attached hydrogens (primary N) is 1. The van der Waals surface area contributed by atoms with Gasteiger partial charge in [-0.25, -0.2) is 0 Å². The summed E-state index contributed by atoms with van der Waals surface area (Å²) in [5, 5.41) is 0. The van der Waals surface area contributed by atoms with Gasteiger partial charge in [0.25, 0.3) is 0 Å². The minimum absolute atomic E-state index is 0.0437. The summed E-state index contributed by atoms with van der Waals surface area (Å²) >= 11 is 0. The van der Waals surface area contributed by atoms with Crippen LogP contribution in [-0.4, -0.2) is 25.4 Å². The number of benzene rings is 2. The van der Waals surface area contributed by atoms with E-state index in [1.165, 1.54) is 24.4 Å². The van der Waals surface area contributed by atoms with Gasteiger partial charge in [-0.1, -0.05) is 42.5 Å². The molecule has 162 valence electrons. The molecule has 1 atom stereocenters. The molecule has 0 radical (unpaired) electrons. The van der Waals surface area contributed by atoms with E-state index < -0.39 is 22.4 Å². The molecular weight excluding hydrogens is 420 g/mol. The first-order chi connectivity index (χ1) is 14.8. The summed E-state index contributed by atoms with van der Waals surface area (Å²) in [5.41, 5.74) is 8.24. The largest absolute Gasteiger partial charge is 0.501 e. The summed E-state index contributed by atoms with van der Waals surface area (Å²) < 4.78 is 39.1. The number of hydrogen-bond acceptors (Lipinski definition) is 8. The highest BCUT2D eigenvalue weighted by molar-refractivity contribution is 7.82. The summed E-state index contributed by atoms with van der Waals surface area (Å²) in [6.45, 7) is 1.92. The fraction of sp³-hybridized carbons (Fsp3) is 0.182. The second-order valence-electron chi connectivity index (χ2n) is 6.76. The molecule has 0 amide bonds. The number of pyridine rings is 1. The molecule has 0 aliphatic carbocycles. The first kappa shape index (κ1) is 22.3. The van der Waals surface area contributed by atoms with E-state index in [-0.39, 0.29) is 24.5 Å². The third-order valence-corrected chi connectivity index (χ3v) is 4.98. The van der Waals surface area contributed by atoms with E-state index in [1.807, 2.05) is 30.3 Å². The van der Waals surface area contributed by atoms with Gasteiger partial charge >= 0.3 is 16.4 Å². The van der Waals surface area contributed by atoms with E-state index in [4.69, 9.17) is 18.8 Å². The molecule has 1 aromatic heterocycles. The molecule has 1 heterocycles. The van der Waals surface area contributed by atoms with Crippen LogP contribution in [0, 0.1) is 6.92 Å². The van der Waals surface area contributed by atoms with Crippen LogP contribution in [0.25, 0.3) is 0 Å². The Morgan fingerprint density at radius 3 is 2.23 bits per heavy atom. The van der Waals surface area contributed by atoms with Crippen LogP contribution in [0.3, 0.4) is 0 Å². The van der Waals surface area contributed by atoms with E-state index in [2.05, 4.69) is 4.98 Å². The molecule has 0 unspecified atom stereocenters. The van der Waals surface area contributed by atoms with Crippen LogP contribution >= 0.6 is 0 Å². The molecule has 31 heavy (non-hydrogen) atoms. The quantitative estimate of drug-likeness (QED) is 0.503. The molecule has 9 heteroatoms. The third kappa shape index (κ3) is 7.09. The van der Waals surface area contributed by atoms with Crippen LogP contribution in [0.1, 0.15) is 16.8 Å². The summed E-state index contributed by atoms with van der Waals surface area (Å²) in [5.74, 6) is -0.418. The van der Waals surface area contributed by atoms with E-state index >= 15 is 0 Å². The molecule has 3 rings (SSSR count). The van der Waals surface area contributed by atoms with Gasteiger partial charge in [0.15, 0.2) is 5.75 Å². The van der Waals surface area contributed by atoms with Gasteiger partial charge in [-0.2, -0.15) is 0 Å². The Bertz CT molecular complexity index is 1100. The van der Waals surface area contributed by atoms with Crippen molar-refractivity contribution < 1.29 is 26.3 Å². The van der Waals surface area contributed by atoms with Crippen molar-refractivity contribution in [2.45, 2.75) is 26.0 Å². The van der Waals surface area contributed by atoms with Crippen molar-refractivity contribution in [2.75, 3.05) is 0 Å². The fourth-order valence-corrected chi connectivity index (χ4v) is 3.33. The van der Waals surface area contributed by atoms with E-state index in [0.717, 1.165) is 16.8 Å². The van der Waals surface area contributed by atoms with Gasteiger partial charge in [0, 0.05) is 5.69 Å². The van der Waals surface area contributed by atoms with E-state index in [1.54, 1.807) is 25.1 Å². The lowest BCUT2D eigenvalue weighted by molar-refractivity contribution is -0.146. The number of nitrogens with zero attached hydrogens (tertiary/aromatic N) is 1. The maximum Gasteiger partial charge on any atom is 0.501 e. The van der Waals surface area contributed by atoms with Crippen molar-refractivity contribution in [3.63, 3.8) is 0 Å². The van der Waals surface area contributed by atoms with Crippen LogP contribution < -0.4 is 14.1 Å². The van der Waals surface area contributed by atoms with Crippen molar-refractivity contribution >= 4 is 16.4 Å². The zero-order chi connectivity index (χ0) is 22.3. The standard InChI is InChI=1S/C22H22N2O6S/c1-16-7-10-20(14-24-16)30-31(26,27)29-19-11-8-17(9-12-19)13-21(23)22(25)28-15-18-5-3-2-4-6-18/h2-12,14,21H,13,15,23H2,1H3/t21-/m0/s1. The maximum absolute atomic E-state index is 12.1. The molecule has 3 aromatic rings. The molecule has 0 bridgehead atoms. The Morgan fingerprint density at radius 1 is 0.935 bits per heavy atom. The molecule has 8 nitrogen and oxygen atoms in total. The van der Waals surface area contributed by atoms with Crippen LogP contribution in [0.15, 0.2) is 72.9 Å². The average molecular weight is 442 g/mol. The third-order valence-electron chi connectivity index (χ3n) is 4.19. The SMILES string of the molecule is Cc1ccc(OS(=O)(=O)Oc2ccc(C[C@H](N)C(=O)OCc3ccccc3)cc2)cn1. The summed E-state index contributed by atoms with van der Waals surface area (Å²) in [7, 11) is -4.32. The van der Waals surface area contributed by atoms with Crippen LogP contribution in [0.4, 0.5) is 0 Å². The molecule has 2 N–H and O–H groups in total. The lowest BCUT2D eigenvalue weighted by Crippen LogP contribution is -2.34. The van der Waals surface area contributed by atoms with Gasteiger partial charge in [-0.05, 0) is 48.7 Å². The van der Waals surface area contributed by atoms with Crippen molar-refractivity contribution in [2.24, 2.45) is 5.73 Å². The molecule has 0 saturated heterocycles. The number of aromatic nitrogens is 1. The lowest BCUT2D eigenvalue weighted by Gasteiger charge is -2.12. The zero-order valence-corrected chi connectivity index (χ0v) is 17.6. The Labute approximate surface area is 180 Å². The zero-order valence-electron chi connectivity index (χ0n) is 16.8. The normalized spacial score (nSPS) is 12.1. The highest BCUT2D eigenvalue weighted by atomic mass is 32.3. The van der Waals surface area contributed by atoms with Gasteiger partial charge in [0.2, 0.25) is 0 Å². The summed E-state index contributed by atoms with van der Waals surface area (Å²) in [4.78, 5) is 16.1. The number of rotatable bonds is 9. The molecule has 0 fully saturated rings. The molecule has 0 aliphatic heterocycles. The first-order valence-corrected chi connectivity index (χ1v) is 10.8. The molecule has 0 aliphatic rings. The van der Waals surface area contributed by atoms with Crippen molar-refractivity contribution in [3.8, 4) is 11.5 Å². The number of ether oxygens (including phenoxy) is 1. The van der Waals surface area contributed by atoms with Gasteiger partial charge in [-0.3, -0.25) is 9.78 Å². The second kappa shape index (κ2) is 10.1. The Balaban J connectivity index is 1.52. The number of hydrogen-bond donors (Lipinski definition) is 1. The summed E-state index contributed by atoms with van der Waals surface area (Å²) in [6.07, 6.45) is 1.52. The molecule has 0 saturated carbocycles. The molecular formula is C22H22N2O6S. The topological polar surface area (TPSA) is 118 Å². The highest BCUT2D eigenvalue weighted by Gasteiger charge is 2.18. The monoisotopic (exact) mass is 442 g/mol. The Hall–Kier alpha value is -3.43. The fourth-order valence-electron chi connectivity index (χ4n) is 2.61. The average Bonchev–Trinajstić information content (AvgIpc) is 2.75. The van der Waals surface area contributed by atoms with Crippen molar-refractivity contribution in [1.82, 2.24) is 4.98 Å². The molecule has 0 spiro atoms. The summed E-state index contributed by atoms with van der Waals surface area (Å²) in [6, 6.07) is 17.7. The predicted octanol–water partition coefficient (Wildman–Crippen LogP) is 2.71. The van der Waals surface area contributed by atoms with Crippen LogP contribution in [-0.2, 0) is 33.0 Å². The minimum atomic E-state index is -4.32. The van der Waals surface area contributed by atoms with Crippen molar-refractivity contribution in [1.29, 1.82) is 0 Å². The van der Waals surface area contributed by atoms with E-state index in [0.29, 0.717) is 0 Å². The minimum Gasteiger partial charge on any atom is -0.460 e. The Morgan fingerprint density at radius 2 is 1.58 bits per heavy atom. The van der Waals surface area contributed by atoms with Gasteiger partial charge < -0.3 is 18.8 Å². The second-order valence-corrected chi connectivity index (χ2v) is 7.91. The number of aryl methyl sites for hydroxylation is 1. The molecule has 2 aromatic carbocycles. The van der Waals surface area contributed by atoms with Crippen LogP contribution in [0.2, 0.25) is 0 Å². The maximum atomic E-state index is 12.1.